The van der Waals surface area contributed by atoms with Crippen LogP contribution < -0.4 is 15.0 Å². The summed E-state index contributed by atoms with van der Waals surface area (Å²) in [7, 11) is 2.17. The third kappa shape index (κ3) is 2.49. The molecule has 1 aliphatic heterocycles. The van der Waals surface area contributed by atoms with Gasteiger partial charge in [-0.1, -0.05) is 36.5 Å². The van der Waals surface area contributed by atoms with E-state index in [-0.39, 0.29) is 11.1 Å². The zero-order valence-electron chi connectivity index (χ0n) is 16.6. The van der Waals surface area contributed by atoms with Gasteiger partial charge in [-0.3, -0.25) is 4.79 Å². The van der Waals surface area contributed by atoms with Crippen molar-refractivity contribution in [2.45, 2.75) is 38.6 Å². The summed E-state index contributed by atoms with van der Waals surface area (Å²) in [6, 6.07) is 14.3. The Morgan fingerprint density at radius 1 is 1.21 bits per heavy atom. The van der Waals surface area contributed by atoms with Gasteiger partial charge in [-0.2, -0.15) is 0 Å². The van der Waals surface area contributed by atoms with Crippen molar-refractivity contribution in [2.75, 3.05) is 11.9 Å². The monoisotopic (exact) mass is 389 g/mol. The van der Waals surface area contributed by atoms with Gasteiger partial charge in [-0.15, -0.1) is 0 Å². The maximum absolute atomic E-state index is 13.0. The average Bonchev–Trinajstić information content (AvgIpc) is 3.16. The lowest BCUT2D eigenvalue weighted by Crippen LogP contribution is -2.45. The standard InChI is InChI=1S/C23H23N3OS/c1-14-13-23(2,3)25(4)18-10-9-15(11-16(14)18)12-20-21(27)26-19-8-6-5-7-17(19)24-22(26)28-20/h5-12,14H,13H2,1-4H3/b20-12-. The third-order valence-corrected chi connectivity index (χ3v) is 7.07. The molecule has 1 atom stereocenters. The van der Waals surface area contributed by atoms with E-state index in [1.54, 1.807) is 4.40 Å². The molecule has 3 heterocycles. The molecule has 5 rings (SSSR count). The van der Waals surface area contributed by atoms with E-state index in [0.717, 1.165) is 32.5 Å². The molecule has 2 aromatic carbocycles. The first-order valence-electron chi connectivity index (χ1n) is 9.65. The highest BCUT2D eigenvalue weighted by atomic mass is 32.1. The molecule has 0 saturated carbocycles. The molecule has 0 N–H and O–H groups in total. The Morgan fingerprint density at radius 2 is 2.00 bits per heavy atom. The van der Waals surface area contributed by atoms with Gasteiger partial charge in [-0.25, -0.2) is 9.38 Å². The highest BCUT2D eigenvalue weighted by Crippen LogP contribution is 2.42. The van der Waals surface area contributed by atoms with Crippen molar-refractivity contribution in [1.29, 1.82) is 0 Å². The molecule has 0 radical (unpaired) electrons. The normalized spacial score (nSPS) is 19.5. The van der Waals surface area contributed by atoms with E-state index in [1.165, 1.54) is 22.6 Å². The number of para-hydroxylation sites is 2. The van der Waals surface area contributed by atoms with Gasteiger partial charge in [0, 0.05) is 18.3 Å². The van der Waals surface area contributed by atoms with Gasteiger partial charge < -0.3 is 4.90 Å². The summed E-state index contributed by atoms with van der Waals surface area (Å²) in [6.45, 7) is 6.88. The predicted molar refractivity (Wildman–Crippen MR) is 118 cm³/mol. The lowest BCUT2D eigenvalue weighted by Gasteiger charge is -2.45. The molecule has 28 heavy (non-hydrogen) atoms. The number of benzene rings is 2. The zero-order chi connectivity index (χ0) is 19.6. The van der Waals surface area contributed by atoms with Crippen LogP contribution in [-0.4, -0.2) is 22.0 Å². The van der Waals surface area contributed by atoms with E-state index in [0.29, 0.717) is 5.92 Å². The maximum atomic E-state index is 13.0. The quantitative estimate of drug-likeness (QED) is 0.490. The molecule has 2 aromatic heterocycles. The topological polar surface area (TPSA) is 37.6 Å². The first-order valence-corrected chi connectivity index (χ1v) is 10.5. The number of hydrogen-bond donors (Lipinski definition) is 0. The SMILES string of the molecule is CC1CC(C)(C)N(C)c2ccc(/C=c3\sc4nc5ccccc5n4c3=O)cc21. The van der Waals surface area contributed by atoms with Gasteiger partial charge in [0.25, 0.3) is 5.56 Å². The largest absolute Gasteiger partial charge is 0.369 e. The Labute approximate surface area is 167 Å². The van der Waals surface area contributed by atoms with Crippen molar-refractivity contribution in [3.63, 3.8) is 0 Å². The van der Waals surface area contributed by atoms with Crippen LogP contribution >= 0.6 is 11.3 Å². The van der Waals surface area contributed by atoms with Crippen molar-refractivity contribution >= 4 is 39.1 Å². The van der Waals surface area contributed by atoms with E-state index in [9.17, 15) is 4.79 Å². The van der Waals surface area contributed by atoms with Crippen LogP contribution in [0.25, 0.3) is 22.1 Å². The van der Waals surface area contributed by atoms with Crippen molar-refractivity contribution in [3.8, 4) is 0 Å². The second kappa shape index (κ2) is 5.92. The maximum Gasteiger partial charge on any atom is 0.274 e. The minimum atomic E-state index is 0.0118. The number of hydrogen-bond acceptors (Lipinski definition) is 4. The van der Waals surface area contributed by atoms with Crippen LogP contribution in [0.3, 0.4) is 0 Å². The van der Waals surface area contributed by atoms with Gasteiger partial charge in [0.15, 0.2) is 4.96 Å². The fourth-order valence-corrected chi connectivity index (χ4v) is 5.44. The van der Waals surface area contributed by atoms with Crippen LogP contribution in [0.4, 0.5) is 5.69 Å². The van der Waals surface area contributed by atoms with Crippen LogP contribution in [0.15, 0.2) is 47.3 Å². The summed E-state index contributed by atoms with van der Waals surface area (Å²) in [6.07, 6.45) is 3.12. The van der Waals surface area contributed by atoms with Crippen LogP contribution in [0, 0.1) is 0 Å². The first-order chi connectivity index (χ1) is 13.3. The Hall–Kier alpha value is -2.66. The van der Waals surface area contributed by atoms with E-state index in [2.05, 4.69) is 55.9 Å². The molecule has 0 fully saturated rings. The lowest BCUT2D eigenvalue weighted by molar-refractivity contribution is 0.395. The molecule has 142 valence electrons. The lowest BCUT2D eigenvalue weighted by atomic mass is 9.80. The molecular formula is C23H23N3OS. The smallest absolute Gasteiger partial charge is 0.274 e. The molecule has 4 aromatic rings. The Morgan fingerprint density at radius 3 is 2.82 bits per heavy atom. The minimum Gasteiger partial charge on any atom is -0.369 e. The van der Waals surface area contributed by atoms with E-state index >= 15 is 0 Å². The highest BCUT2D eigenvalue weighted by molar-refractivity contribution is 7.15. The average molecular weight is 390 g/mol. The molecule has 5 heteroatoms. The summed E-state index contributed by atoms with van der Waals surface area (Å²) >= 11 is 1.46. The minimum absolute atomic E-state index is 0.0118. The van der Waals surface area contributed by atoms with Crippen molar-refractivity contribution in [3.05, 3.63) is 68.5 Å². The predicted octanol–water partition coefficient (Wildman–Crippen LogP) is 4.18. The number of thiazole rings is 1. The second-order valence-corrected chi connectivity index (χ2v) is 9.44. The Kier molecular flexibility index (Phi) is 3.68. The molecule has 1 unspecified atom stereocenters. The number of fused-ring (bicyclic) bond motifs is 4. The summed E-state index contributed by atoms with van der Waals surface area (Å²) in [4.78, 5) is 20.7. The summed E-state index contributed by atoms with van der Waals surface area (Å²) in [5.74, 6) is 0.492. The van der Waals surface area contributed by atoms with Crippen LogP contribution in [0.1, 0.15) is 44.2 Å². The summed E-state index contributed by atoms with van der Waals surface area (Å²) in [5.41, 5.74) is 5.62. The number of rotatable bonds is 1. The fraction of sp³-hybridized carbons (Fsp3) is 0.304. The molecule has 0 spiro atoms. The molecule has 0 aliphatic carbocycles. The second-order valence-electron chi connectivity index (χ2n) is 8.43. The van der Waals surface area contributed by atoms with Gasteiger partial charge in [0.1, 0.15) is 0 Å². The van der Waals surface area contributed by atoms with Gasteiger partial charge in [0.2, 0.25) is 0 Å². The first kappa shape index (κ1) is 17.4. The molecule has 0 saturated heterocycles. The molecule has 4 nitrogen and oxygen atoms in total. The summed E-state index contributed by atoms with van der Waals surface area (Å²) in [5, 5.41) is 0. The van der Waals surface area contributed by atoms with Gasteiger partial charge in [0.05, 0.1) is 15.6 Å². The number of imidazole rings is 1. The highest BCUT2D eigenvalue weighted by Gasteiger charge is 2.33. The van der Waals surface area contributed by atoms with Gasteiger partial charge in [-0.05, 0) is 67.7 Å². The van der Waals surface area contributed by atoms with Crippen molar-refractivity contribution in [2.24, 2.45) is 0 Å². The van der Waals surface area contributed by atoms with Crippen molar-refractivity contribution < 1.29 is 0 Å². The number of nitrogens with zero attached hydrogens (tertiary/aromatic N) is 3. The van der Waals surface area contributed by atoms with Crippen LogP contribution in [-0.2, 0) is 0 Å². The fourth-order valence-electron chi connectivity index (χ4n) is 4.45. The molecule has 1 aliphatic rings. The van der Waals surface area contributed by atoms with Crippen molar-refractivity contribution in [1.82, 2.24) is 9.38 Å². The Bertz CT molecular complexity index is 1330. The molecule has 0 bridgehead atoms. The number of aromatic nitrogens is 2. The number of anilines is 1. The zero-order valence-corrected chi connectivity index (χ0v) is 17.4. The van der Waals surface area contributed by atoms with E-state index in [1.807, 2.05) is 30.3 Å². The van der Waals surface area contributed by atoms with Gasteiger partial charge >= 0.3 is 0 Å². The van der Waals surface area contributed by atoms with Crippen LogP contribution in [0.5, 0.6) is 0 Å². The molecular weight excluding hydrogens is 366 g/mol. The molecule has 0 amide bonds. The van der Waals surface area contributed by atoms with E-state index < -0.39 is 0 Å². The third-order valence-electron chi connectivity index (χ3n) is 6.10. The summed E-state index contributed by atoms with van der Waals surface area (Å²) < 4.78 is 2.45. The van der Waals surface area contributed by atoms with E-state index in [4.69, 9.17) is 0 Å². The van der Waals surface area contributed by atoms with Crippen LogP contribution in [0.2, 0.25) is 0 Å². The Balaban J connectivity index is 1.65.